The number of methoxy groups -OCH3 is 1. The van der Waals surface area contributed by atoms with Gasteiger partial charge in [0.15, 0.2) is 11.5 Å². The Morgan fingerprint density at radius 2 is 2.10 bits per heavy atom. The molecule has 2 rings (SSSR count). The molecular weight excluding hydrogens is 258 g/mol. The minimum Gasteiger partial charge on any atom is -0.464 e. The van der Waals surface area contributed by atoms with E-state index in [0.29, 0.717) is 31.2 Å². The van der Waals surface area contributed by atoms with Gasteiger partial charge in [-0.1, -0.05) is 6.92 Å². The van der Waals surface area contributed by atoms with E-state index in [1.165, 1.54) is 7.11 Å². The molecule has 1 atom stereocenters. The van der Waals surface area contributed by atoms with Crippen LogP contribution < -0.4 is 5.32 Å². The molecule has 6 heteroatoms. The first kappa shape index (κ1) is 14.9. The van der Waals surface area contributed by atoms with Gasteiger partial charge >= 0.3 is 5.97 Å². The molecule has 2 heterocycles. The quantitative estimate of drug-likeness (QED) is 0.824. The van der Waals surface area contributed by atoms with Gasteiger partial charge in [0, 0.05) is 25.3 Å². The lowest BCUT2D eigenvalue weighted by Crippen LogP contribution is -2.29. The molecule has 1 N–H and O–H groups in total. The van der Waals surface area contributed by atoms with Crippen LogP contribution in [0.1, 0.15) is 54.8 Å². The molecule has 0 aliphatic carbocycles. The summed E-state index contributed by atoms with van der Waals surface area (Å²) in [5, 5.41) is 3.18. The van der Waals surface area contributed by atoms with Crippen molar-refractivity contribution in [2.75, 3.05) is 13.7 Å². The Bertz CT molecular complexity index is 519. The highest BCUT2D eigenvalue weighted by Gasteiger charge is 2.33. The number of hydrogen-bond donors (Lipinski definition) is 1. The highest BCUT2D eigenvalue weighted by Crippen LogP contribution is 2.29. The van der Waals surface area contributed by atoms with Gasteiger partial charge in [0.1, 0.15) is 5.60 Å². The number of fused-ring (bicyclic) bond motifs is 1. The molecule has 110 valence electrons. The largest absolute Gasteiger partial charge is 0.464 e. The van der Waals surface area contributed by atoms with Gasteiger partial charge in [-0.05, 0) is 20.3 Å². The Labute approximate surface area is 118 Å². The van der Waals surface area contributed by atoms with E-state index in [2.05, 4.69) is 15.3 Å². The fourth-order valence-electron chi connectivity index (χ4n) is 2.31. The summed E-state index contributed by atoms with van der Waals surface area (Å²) in [5.74, 6) is 0.119. The number of ether oxygens (including phenoxy) is 2. The van der Waals surface area contributed by atoms with Crippen molar-refractivity contribution in [1.29, 1.82) is 0 Å². The molecule has 0 saturated heterocycles. The maximum absolute atomic E-state index is 11.9. The van der Waals surface area contributed by atoms with Crippen molar-refractivity contribution in [1.82, 2.24) is 15.3 Å². The molecule has 20 heavy (non-hydrogen) atoms. The van der Waals surface area contributed by atoms with E-state index >= 15 is 0 Å². The number of carbonyl (C=O) groups excluding carboxylic acids is 1. The average molecular weight is 279 g/mol. The van der Waals surface area contributed by atoms with Gasteiger partial charge in [0.2, 0.25) is 0 Å². The van der Waals surface area contributed by atoms with Gasteiger partial charge in [0.25, 0.3) is 0 Å². The van der Waals surface area contributed by atoms with E-state index in [-0.39, 0.29) is 0 Å². The fourth-order valence-corrected chi connectivity index (χ4v) is 2.31. The number of hydrogen-bond acceptors (Lipinski definition) is 6. The van der Waals surface area contributed by atoms with Crippen molar-refractivity contribution in [3.05, 3.63) is 22.8 Å². The van der Waals surface area contributed by atoms with Crippen LogP contribution in [0.2, 0.25) is 0 Å². The first-order valence-corrected chi connectivity index (χ1v) is 6.89. The Morgan fingerprint density at radius 1 is 1.35 bits per heavy atom. The van der Waals surface area contributed by atoms with E-state index in [1.54, 1.807) is 0 Å². The number of nitrogens with one attached hydrogen (secondary N) is 1. The van der Waals surface area contributed by atoms with E-state index in [4.69, 9.17) is 9.47 Å². The molecule has 0 radical (unpaired) electrons. The first-order chi connectivity index (χ1) is 9.55. The lowest BCUT2D eigenvalue weighted by atomic mass is 10.0. The molecule has 0 aromatic carbocycles. The molecule has 0 bridgehead atoms. The van der Waals surface area contributed by atoms with Crippen molar-refractivity contribution in [2.24, 2.45) is 0 Å². The molecule has 0 saturated carbocycles. The van der Waals surface area contributed by atoms with E-state index in [0.717, 1.165) is 17.7 Å². The smallest absolute Gasteiger partial charge is 0.357 e. The topological polar surface area (TPSA) is 73.3 Å². The van der Waals surface area contributed by atoms with Gasteiger partial charge in [-0.15, -0.1) is 0 Å². The monoisotopic (exact) mass is 279 g/mol. The summed E-state index contributed by atoms with van der Waals surface area (Å²) >= 11 is 0. The second-order valence-corrected chi connectivity index (χ2v) is 4.93. The van der Waals surface area contributed by atoms with Crippen LogP contribution in [0.25, 0.3) is 0 Å². The molecule has 0 fully saturated rings. The third kappa shape index (κ3) is 2.53. The van der Waals surface area contributed by atoms with Crippen molar-refractivity contribution in [3.63, 3.8) is 0 Å². The summed E-state index contributed by atoms with van der Waals surface area (Å²) in [6.07, 6.45) is 0.730. The highest BCUT2D eigenvalue weighted by atomic mass is 16.5. The zero-order valence-electron chi connectivity index (χ0n) is 12.4. The van der Waals surface area contributed by atoms with Crippen LogP contribution in [-0.2, 0) is 28.2 Å². The summed E-state index contributed by atoms with van der Waals surface area (Å²) in [7, 11) is 1.36. The summed E-state index contributed by atoms with van der Waals surface area (Å²) < 4.78 is 10.6. The van der Waals surface area contributed by atoms with Crippen molar-refractivity contribution >= 4 is 5.97 Å². The Balaban J connectivity index is 2.53. The molecule has 1 aromatic heterocycles. The maximum atomic E-state index is 11.9. The summed E-state index contributed by atoms with van der Waals surface area (Å²) in [6.45, 7) is 7.70. The molecule has 1 unspecified atom stereocenters. The molecule has 0 spiro atoms. The van der Waals surface area contributed by atoms with E-state index < -0.39 is 11.6 Å². The van der Waals surface area contributed by atoms with Crippen molar-refractivity contribution in [3.8, 4) is 0 Å². The number of esters is 1. The van der Waals surface area contributed by atoms with Crippen LogP contribution in [-0.4, -0.2) is 29.7 Å². The lowest BCUT2D eigenvalue weighted by molar-refractivity contribution is -0.0393. The second-order valence-electron chi connectivity index (χ2n) is 4.93. The third-order valence-electron chi connectivity index (χ3n) is 3.68. The van der Waals surface area contributed by atoms with Gasteiger partial charge in [-0.3, -0.25) is 0 Å². The zero-order chi connectivity index (χ0) is 14.8. The molecular formula is C14H21N3O3. The van der Waals surface area contributed by atoms with Gasteiger partial charge < -0.3 is 14.8 Å². The number of carbonyl (C=O) groups is 1. The molecule has 1 aromatic rings. The summed E-state index contributed by atoms with van der Waals surface area (Å²) in [6, 6.07) is 0. The lowest BCUT2D eigenvalue weighted by Gasteiger charge is -2.27. The standard InChI is InChI=1S/C14H21N3O3/c1-5-14(3,20-6-2)13-16-10-8-15-7-9(10)11(17-13)12(18)19-4/h15H,5-8H2,1-4H3. The second kappa shape index (κ2) is 5.85. The number of rotatable bonds is 5. The normalized spacial score (nSPS) is 16.6. The Kier molecular flexibility index (Phi) is 4.35. The van der Waals surface area contributed by atoms with E-state index in [1.807, 2.05) is 20.8 Å². The number of aromatic nitrogens is 2. The highest BCUT2D eigenvalue weighted by molar-refractivity contribution is 5.89. The number of nitrogens with zero attached hydrogens (tertiary/aromatic N) is 2. The van der Waals surface area contributed by atoms with Crippen LogP contribution in [0, 0.1) is 0 Å². The Morgan fingerprint density at radius 3 is 2.70 bits per heavy atom. The predicted octanol–water partition coefficient (Wildman–Crippen LogP) is 1.53. The minimum atomic E-state index is -0.588. The van der Waals surface area contributed by atoms with Crippen molar-refractivity contribution < 1.29 is 14.3 Å². The molecule has 0 amide bonds. The van der Waals surface area contributed by atoms with Crippen LogP contribution in [0.15, 0.2) is 0 Å². The predicted molar refractivity (Wildman–Crippen MR) is 73.2 cm³/mol. The fraction of sp³-hybridized carbons (Fsp3) is 0.643. The van der Waals surface area contributed by atoms with Gasteiger partial charge in [0.05, 0.1) is 12.8 Å². The van der Waals surface area contributed by atoms with Gasteiger partial charge in [-0.2, -0.15) is 0 Å². The third-order valence-corrected chi connectivity index (χ3v) is 3.68. The minimum absolute atomic E-state index is 0.344. The first-order valence-electron chi connectivity index (χ1n) is 6.89. The molecule has 6 nitrogen and oxygen atoms in total. The average Bonchev–Trinajstić information content (AvgIpc) is 2.93. The summed E-state index contributed by atoms with van der Waals surface area (Å²) in [4.78, 5) is 20.9. The van der Waals surface area contributed by atoms with Crippen molar-refractivity contribution in [2.45, 2.75) is 45.9 Å². The van der Waals surface area contributed by atoms with Crippen LogP contribution in [0.3, 0.4) is 0 Å². The van der Waals surface area contributed by atoms with Crippen LogP contribution in [0.4, 0.5) is 0 Å². The van der Waals surface area contributed by atoms with Crippen LogP contribution in [0.5, 0.6) is 0 Å². The zero-order valence-corrected chi connectivity index (χ0v) is 12.4. The molecule has 1 aliphatic rings. The van der Waals surface area contributed by atoms with Crippen LogP contribution >= 0.6 is 0 Å². The van der Waals surface area contributed by atoms with Gasteiger partial charge in [-0.25, -0.2) is 14.8 Å². The molecule has 1 aliphatic heterocycles. The summed E-state index contributed by atoms with van der Waals surface area (Å²) in [5.41, 5.74) is 1.44. The maximum Gasteiger partial charge on any atom is 0.357 e. The Hall–Kier alpha value is -1.53. The van der Waals surface area contributed by atoms with E-state index in [9.17, 15) is 4.79 Å². The SMILES string of the molecule is CCOC(C)(CC)c1nc2c(c(C(=O)OC)n1)CNC2.